The zero-order valence-electron chi connectivity index (χ0n) is 15.6. The van der Waals surface area contributed by atoms with Crippen LogP contribution in [0.2, 0.25) is 5.02 Å². The van der Waals surface area contributed by atoms with E-state index in [0.29, 0.717) is 22.5 Å². The van der Waals surface area contributed by atoms with Crippen molar-refractivity contribution < 1.29 is 9.53 Å². The minimum atomic E-state index is 0.0134. The molecule has 0 saturated carbocycles. The van der Waals surface area contributed by atoms with Crippen LogP contribution in [0.15, 0.2) is 36.7 Å². The maximum Gasteiger partial charge on any atom is 0.255 e. The van der Waals surface area contributed by atoms with E-state index in [-0.39, 0.29) is 5.91 Å². The van der Waals surface area contributed by atoms with Crippen molar-refractivity contribution in [1.29, 1.82) is 0 Å². The van der Waals surface area contributed by atoms with Crippen LogP contribution in [0.4, 0.5) is 0 Å². The van der Waals surface area contributed by atoms with E-state index < -0.39 is 0 Å². The van der Waals surface area contributed by atoms with E-state index in [4.69, 9.17) is 16.3 Å². The third kappa shape index (κ3) is 3.88. The number of rotatable bonds is 5. The van der Waals surface area contributed by atoms with Crippen molar-refractivity contribution >= 4 is 17.5 Å². The number of hydrogen-bond donors (Lipinski definition) is 0. The summed E-state index contributed by atoms with van der Waals surface area (Å²) in [6, 6.07) is 7.76. The maximum atomic E-state index is 13.3. The van der Waals surface area contributed by atoms with Crippen molar-refractivity contribution in [1.82, 2.24) is 19.6 Å². The molecule has 2 bridgehead atoms. The van der Waals surface area contributed by atoms with Gasteiger partial charge >= 0.3 is 0 Å². The van der Waals surface area contributed by atoms with Gasteiger partial charge in [0.2, 0.25) is 0 Å². The van der Waals surface area contributed by atoms with E-state index in [1.807, 2.05) is 29.3 Å². The number of nitrogens with zero attached hydrogens (tertiary/aromatic N) is 4. The number of carbonyl (C=O) groups is 1. The van der Waals surface area contributed by atoms with Gasteiger partial charge in [-0.15, -0.1) is 0 Å². The van der Waals surface area contributed by atoms with Crippen LogP contribution in [0.25, 0.3) is 5.69 Å². The number of ether oxygens (including phenoxy) is 1. The molecule has 144 valence electrons. The Balaban J connectivity index is 1.55. The van der Waals surface area contributed by atoms with Gasteiger partial charge in [-0.2, -0.15) is 5.10 Å². The van der Waals surface area contributed by atoms with Crippen molar-refractivity contribution in [3.05, 3.63) is 47.2 Å². The maximum absolute atomic E-state index is 13.3. The van der Waals surface area contributed by atoms with Gasteiger partial charge in [0.15, 0.2) is 0 Å². The largest absolute Gasteiger partial charge is 0.383 e. The highest BCUT2D eigenvalue weighted by atomic mass is 35.5. The molecule has 0 spiro atoms. The number of benzene rings is 1. The van der Waals surface area contributed by atoms with Crippen LogP contribution in [0.3, 0.4) is 0 Å². The van der Waals surface area contributed by atoms with Crippen molar-refractivity contribution in [3.63, 3.8) is 0 Å². The Labute approximate surface area is 164 Å². The fraction of sp³-hybridized carbons (Fsp3) is 0.500. The Kier molecular flexibility index (Phi) is 5.48. The van der Waals surface area contributed by atoms with Gasteiger partial charge in [0.05, 0.1) is 22.9 Å². The number of carbonyl (C=O) groups excluding carboxylic acids is 1. The first-order valence-electron chi connectivity index (χ1n) is 9.47. The summed E-state index contributed by atoms with van der Waals surface area (Å²) in [5.41, 5.74) is 1.39. The van der Waals surface area contributed by atoms with Crippen LogP contribution in [-0.2, 0) is 4.74 Å². The monoisotopic (exact) mass is 388 g/mol. The molecule has 3 aliphatic rings. The molecule has 3 fully saturated rings. The molecule has 5 rings (SSSR count). The van der Waals surface area contributed by atoms with Crippen LogP contribution in [-0.4, -0.2) is 71.4 Å². The van der Waals surface area contributed by atoms with Crippen LogP contribution in [0.5, 0.6) is 0 Å². The minimum absolute atomic E-state index is 0.0134. The first-order chi connectivity index (χ1) is 13.2. The SMILES string of the molecule is COCCN1C[C@@H]2CC[C@H]1CN(C(=O)c1cc(-n3cccn3)ccc1Cl)C2. The molecular formula is C20H25ClN4O2. The number of fused-ring (bicyclic) bond motifs is 4. The van der Waals surface area contributed by atoms with Gasteiger partial charge in [-0.25, -0.2) is 4.68 Å². The van der Waals surface area contributed by atoms with Gasteiger partial charge in [-0.3, -0.25) is 9.69 Å². The lowest BCUT2D eigenvalue weighted by molar-refractivity contribution is 0.0718. The second kappa shape index (κ2) is 8.00. The molecule has 0 aliphatic carbocycles. The van der Waals surface area contributed by atoms with Gasteiger partial charge in [0, 0.05) is 51.7 Å². The topological polar surface area (TPSA) is 50.6 Å². The molecule has 1 aromatic heterocycles. The third-order valence-corrected chi connectivity index (χ3v) is 5.98. The normalized spacial score (nSPS) is 22.8. The van der Waals surface area contributed by atoms with Crippen LogP contribution in [0.1, 0.15) is 23.2 Å². The van der Waals surface area contributed by atoms with Crippen LogP contribution in [0, 0.1) is 5.92 Å². The Bertz CT molecular complexity index is 795. The lowest BCUT2D eigenvalue weighted by Gasteiger charge is -2.35. The fourth-order valence-corrected chi connectivity index (χ4v) is 4.44. The smallest absolute Gasteiger partial charge is 0.255 e. The predicted octanol–water partition coefficient (Wildman–Crippen LogP) is 2.71. The van der Waals surface area contributed by atoms with Crippen LogP contribution < -0.4 is 0 Å². The summed E-state index contributed by atoms with van der Waals surface area (Å²) in [6.45, 7) is 4.24. The summed E-state index contributed by atoms with van der Waals surface area (Å²) < 4.78 is 6.99. The molecule has 4 heterocycles. The van der Waals surface area contributed by atoms with Crippen molar-refractivity contribution in [2.75, 3.05) is 39.9 Å². The molecule has 27 heavy (non-hydrogen) atoms. The Morgan fingerprint density at radius 1 is 1.30 bits per heavy atom. The number of aromatic nitrogens is 2. The third-order valence-electron chi connectivity index (χ3n) is 5.65. The number of hydrogen-bond acceptors (Lipinski definition) is 4. The average molecular weight is 389 g/mol. The summed E-state index contributed by atoms with van der Waals surface area (Å²) in [7, 11) is 1.74. The first-order valence-corrected chi connectivity index (χ1v) is 9.85. The number of piperidine rings is 1. The van der Waals surface area contributed by atoms with Gasteiger partial charge in [0.25, 0.3) is 5.91 Å². The molecule has 3 aliphatic heterocycles. The van der Waals surface area contributed by atoms with Crippen molar-refractivity contribution in [2.24, 2.45) is 5.92 Å². The zero-order chi connectivity index (χ0) is 18.8. The second-order valence-corrected chi connectivity index (χ2v) is 7.82. The molecule has 1 amide bonds. The summed E-state index contributed by atoms with van der Waals surface area (Å²) in [4.78, 5) is 17.8. The fourth-order valence-electron chi connectivity index (χ4n) is 4.24. The van der Waals surface area contributed by atoms with E-state index in [2.05, 4.69) is 10.00 Å². The van der Waals surface area contributed by atoms with Gasteiger partial charge in [-0.05, 0) is 43.0 Å². The molecule has 1 aromatic carbocycles. The second-order valence-electron chi connectivity index (χ2n) is 7.41. The highest BCUT2D eigenvalue weighted by molar-refractivity contribution is 6.33. The van der Waals surface area contributed by atoms with Crippen molar-refractivity contribution in [3.8, 4) is 5.69 Å². The van der Waals surface area contributed by atoms with Gasteiger partial charge < -0.3 is 9.64 Å². The highest BCUT2D eigenvalue weighted by Crippen LogP contribution is 2.30. The van der Waals surface area contributed by atoms with Gasteiger partial charge in [0.1, 0.15) is 0 Å². The average Bonchev–Trinajstić information content (AvgIpc) is 3.07. The summed E-state index contributed by atoms with van der Waals surface area (Å²) >= 11 is 6.39. The number of halogens is 1. The molecule has 0 radical (unpaired) electrons. The molecule has 6 nitrogen and oxygen atoms in total. The summed E-state index contributed by atoms with van der Waals surface area (Å²) in [6.07, 6.45) is 5.90. The van der Waals surface area contributed by atoms with E-state index in [1.165, 1.54) is 6.42 Å². The number of methoxy groups -OCH3 is 1. The lowest BCUT2D eigenvalue weighted by atomic mass is 9.95. The molecule has 2 atom stereocenters. The standard InChI is InChI=1S/C20H25ClN4O2/c1-27-10-9-23-12-15-3-4-17(23)14-24(13-15)20(26)18-11-16(5-6-19(18)21)25-8-2-7-22-25/h2,5-8,11,15,17H,3-4,9-10,12-14H2,1H3/t15-,17-/m0/s1. The predicted molar refractivity (Wildman–Crippen MR) is 104 cm³/mol. The molecular weight excluding hydrogens is 364 g/mol. The molecule has 0 unspecified atom stereocenters. The molecule has 7 heteroatoms. The van der Waals surface area contributed by atoms with Gasteiger partial charge in [-0.1, -0.05) is 11.6 Å². The Morgan fingerprint density at radius 3 is 2.96 bits per heavy atom. The number of amides is 1. The quantitative estimate of drug-likeness (QED) is 0.790. The van der Waals surface area contributed by atoms with E-state index in [1.54, 1.807) is 24.1 Å². The minimum Gasteiger partial charge on any atom is -0.383 e. The Hall–Kier alpha value is -1.89. The Morgan fingerprint density at radius 2 is 2.19 bits per heavy atom. The zero-order valence-corrected chi connectivity index (χ0v) is 16.3. The summed E-state index contributed by atoms with van der Waals surface area (Å²) in [5, 5.41) is 4.74. The first kappa shape index (κ1) is 18.5. The van der Waals surface area contributed by atoms with Crippen LogP contribution >= 0.6 is 11.6 Å². The molecule has 3 saturated heterocycles. The van der Waals surface area contributed by atoms with E-state index in [0.717, 1.165) is 44.9 Å². The summed E-state index contributed by atoms with van der Waals surface area (Å²) in [5.74, 6) is 0.525. The van der Waals surface area contributed by atoms with Crippen molar-refractivity contribution in [2.45, 2.75) is 18.9 Å². The molecule has 0 N–H and O–H groups in total. The van der Waals surface area contributed by atoms with E-state index in [9.17, 15) is 4.79 Å². The lowest BCUT2D eigenvalue weighted by Crippen LogP contribution is -2.45. The highest BCUT2D eigenvalue weighted by Gasteiger charge is 2.36. The van der Waals surface area contributed by atoms with E-state index >= 15 is 0 Å². The molecule has 2 aromatic rings.